The highest BCUT2D eigenvalue weighted by atomic mass is 32.1. The molecule has 24 heavy (non-hydrogen) atoms. The van der Waals surface area contributed by atoms with E-state index >= 15 is 0 Å². The van der Waals surface area contributed by atoms with Gasteiger partial charge in [0.1, 0.15) is 0 Å². The van der Waals surface area contributed by atoms with Crippen molar-refractivity contribution in [1.29, 1.82) is 0 Å². The summed E-state index contributed by atoms with van der Waals surface area (Å²) in [6.45, 7) is 7.27. The van der Waals surface area contributed by atoms with Crippen LogP contribution in [0.4, 0.5) is 0 Å². The molecule has 0 unspecified atom stereocenters. The molecule has 132 valence electrons. The Morgan fingerprint density at radius 2 is 2.21 bits per heavy atom. The van der Waals surface area contributed by atoms with Crippen LogP contribution in [0.25, 0.3) is 0 Å². The van der Waals surface area contributed by atoms with Crippen molar-refractivity contribution in [1.82, 2.24) is 24.6 Å². The summed E-state index contributed by atoms with van der Waals surface area (Å²) >= 11 is 1.72. The number of rotatable bonds is 7. The first-order valence-electron chi connectivity index (χ1n) is 8.42. The van der Waals surface area contributed by atoms with Crippen LogP contribution >= 0.6 is 11.3 Å². The van der Waals surface area contributed by atoms with Gasteiger partial charge in [-0.15, -0.1) is 11.3 Å². The fourth-order valence-corrected chi connectivity index (χ4v) is 3.69. The molecule has 0 spiro atoms. The number of hydrogen-bond acceptors (Lipinski definition) is 6. The van der Waals surface area contributed by atoms with Crippen LogP contribution in [-0.4, -0.2) is 58.4 Å². The molecule has 1 aliphatic heterocycles. The molecule has 0 aliphatic carbocycles. The number of nitrogens with zero attached hydrogens (tertiary/aromatic N) is 5. The molecule has 0 N–H and O–H groups in total. The number of aromatic nitrogens is 3. The summed E-state index contributed by atoms with van der Waals surface area (Å²) in [4.78, 5) is 9.17. The first kappa shape index (κ1) is 17.5. The number of hydrogen-bond donors (Lipinski definition) is 0. The summed E-state index contributed by atoms with van der Waals surface area (Å²) in [5, 5.41) is 8.00. The summed E-state index contributed by atoms with van der Waals surface area (Å²) in [5.74, 6) is 0. The van der Waals surface area contributed by atoms with Gasteiger partial charge in [0.2, 0.25) is 0 Å². The zero-order valence-corrected chi connectivity index (χ0v) is 15.9. The smallest absolute Gasteiger partial charge is 0.0917 e. The SMILES string of the molecule is Cc1nc(CN2CCc3c(COCCN(C)C)nn(C)c3C2)cs1. The van der Waals surface area contributed by atoms with E-state index in [4.69, 9.17) is 9.84 Å². The quantitative estimate of drug-likeness (QED) is 0.714. The normalized spacial score (nSPS) is 15.2. The van der Waals surface area contributed by atoms with E-state index < -0.39 is 0 Å². The Kier molecular flexibility index (Phi) is 5.65. The van der Waals surface area contributed by atoms with Crippen LogP contribution in [0.5, 0.6) is 0 Å². The van der Waals surface area contributed by atoms with Crippen LogP contribution in [0.3, 0.4) is 0 Å². The molecule has 0 saturated heterocycles. The predicted molar refractivity (Wildman–Crippen MR) is 96.1 cm³/mol. The minimum atomic E-state index is 0.613. The third-order valence-corrected chi connectivity index (χ3v) is 5.21. The van der Waals surface area contributed by atoms with Crippen molar-refractivity contribution in [2.45, 2.75) is 33.0 Å². The lowest BCUT2D eigenvalue weighted by Crippen LogP contribution is -2.31. The maximum Gasteiger partial charge on any atom is 0.0917 e. The molecule has 0 fully saturated rings. The summed E-state index contributed by atoms with van der Waals surface area (Å²) in [6, 6.07) is 0. The van der Waals surface area contributed by atoms with E-state index in [1.807, 2.05) is 11.7 Å². The molecule has 1 aliphatic rings. The highest BCUT2D eigenvalue weighted by Gasteiger charge is 2.24. The van der Waals surface area contributed by atoms with Gasteiger partial charge in [-0.05, 0) is 27.4 Å². The maximum atomic E-state index is 5.80. The molecular weight excluding hydrogens is 322 g/mol. The second-order valence-electron chi connectivity index (χ2n) is 6.67. The van der Waals surface area contributed by atoms with Crippen molar-refractivity contribution >= 4 is 11.3 Å². The molecule has 0 amide bonds. The number of fused-ring (bicyclic) bond motifs is 1. The Balaban J connectivity index is 1.60. The molecule has 0 bridgehead atoms. The first-order valence-corrected chi connectivity index (χ1v) is 9.30. The van der Waals surface area contributed by atoms with Crippen molar-refractivity contribution in [2.75, 3.05) is 33.8 Å². The van der Waals surface area contributed by atoms with Crippen LogP contribution < -0.4 is 0 Å². The third kappa shape index (κ3) is 4.22. The fourth-order valence-electron chi connectivity index (χ4n) is 3.09. The van der Waals surface area contributed by atoms with E-state index in [2.05, 4.69) is 41.2 Å². The van der Waals surface area contributed by atoms with Crippen molar-refractivity contribution in [3.63, 3.8) is 0 Å². The molecule has 3 heterocycles. The average molecular weight is 350 g/mol. The summed E-state index contributed by atoms with van der Waals surface area (Å²) in [5.41, 5.74) is 4.98. The lowest BCUT2D eigenvalue weighted by Gasteiger charge is -2.26. The predicted octanol–water partition coefficient (Wildman–Crippen LogP) is 1.82. The molecule has 0 atom stereocenters. The second kappa shape index (κ2) is 7.74. The maximum absolute atomic E-state index is 5.80. The Labute approximate surface area is 148 Å². The van der Waals surface area contributed by atoms with Crippen LogP contribution in [0.15, 0.2) is 5.38 Å². The van der Waals surface area contributed by atoms with Crippen molar-refractivity contribution in [3.8, 4) is 0 Å². The minimum absolute atomic E-state index is 0.613. The molecule has 3 rings (SSSR count). The van der Waals surface area contributed by atoms with Crippen LogP contribution in [0.1, 0.15) is 27.7 Å². The first-order chi connectivity index (χ1) is 11.5. The molecule has 2 aromatic heterocycles. The van der Waals surface area contributed by atoms with Crippen molar-refractivity contribution in [3.05, 3.63) is 33.0 Å². The largest absolute Gasteiger partial charge is 0.374 e. The zero-order chi connectivity index (χ0) is 17.1. The molecular formula is C17H27N5OS. The fraction of sp³-hybridized carbons (Fsp3) is 0.647. The number of likely N-dealkylation sites (N-methyl/N-ethyl adjacent to an activating group) is 1. The summed E-state index contributed by atoms with van der Waals surface area (Å²) in [6.07, 6.45) is 1.04. The average Bonchev–Trinajstić information content (AvgIpc) is 3.08. The molecule has 7 heteroatoms. The Bertz CT molecular complexity index is 679. The van der Waals surface area contributed by atoms with Gasteiger partial charge in [-0.25, -0.2) is 4.98 Å². The molecule has 0 aromatic carbocycles. The van der Waals surface area contributed by atoms with E-state index in [9.17, 15) is 0 Å². The van der Waals surface area contributed by atoms with Gasteiger partial charge in [0.15, 0.2) is 0 Å². The van der Waals surface area contributed by atoms with E-state index in [0.717, 1.165) is 49.9 Å². The molecule has 2 aromatic rings. The lowest BCUT2D eigenvalue weighted by atomic mass is 10.0. The Hall–Kier alpha value is -1.28. The third-order valence-electron chi connectivity index (χ3n) is 4.38. The number of thiazole rings is 1. The molecule has 0 saturated carbocycles. The van der Waals surface area contributed by atoms with Gasteiger partial charge in [-0.1, -0.05) is 0 Å². The van der Waals surface area contributed by atoms with Gasteiger partial charge >= 0.3 is 0 Å². The Morgan fingerprint density at radius 1 is 1.38 bits per heavy atom. The van der Waals surface area contributed by atoms with Gasteiger partial charge in [0, 0.05) is 44.2 Å². The van der Waals surface area contributed by atoms with Gasteiger partial charge < -0.3 is 9.64 Å². The van der Waals surface area contributed by atoms with E-state index in [1.54, 1.807) is 11.3 Å². The van der Waals surface area contributed by atoms with E-state index in [0.29, 0.717) is 6.61 Å². The van der Waals surface area contributed by atoms with Gasteiger partial charge in [-0.3, -0.25) is 9.58 Å². The Morgan fingerprint density at radius 3 is 2.92 bits per heavy atom. The van der Waals surface area contributed by atoms with Crippen molar-refractivity contribution < 1.29 is 4.74 Å². The van der Waals surface area contributed by atoms with Gasteiger partial charge in [0.25, 0.3) is 0 Å². The summed E-state index contributed by atoms with van der Waals surface area (Å²) < 4.78 is 7.82. The minimum Gasteiger partial charge on any atom is -0.374 e. The topological polar surface area (TPSA) is 46.4 Å². The second-order valence-corrected chi connectivity index (χ2v) is 7.73. The summed E-state index contributed by atoms with van der Waals surface area (Å²) in [7, 11) is 6.16. The van der Waals surface area contributed by atoms with Crippen molar-refractivity contribution in [2.24, 2.45) is 7.05 Å². The van der Waals surface area contributed by atoms with Crippen LogP contribution in [0, 0.1) is 6.92 Å². The van der Waals surface area contributed by atoms with E-state index in [1.165, 1.54) is 17.0 Å². The standard InChI is InChI=1S/C17H27N5OS/c1-13-18-14(12-24-13)9-22-6-5-15-16(11-23-8-7-20(2)3)19-21(4)17(15)10-22/h12H,5-11H2,1-4H3. The molecule has 6 nitrogen and oxygen atoms in total. The highest BCUT2D eigenvalue weighted by Crippen LogP contribution is 2.24. The highest BCUT2D eigenvalue weighted by molar-refractivity contribution is 7.09. The van der Waals surface area contributed by atoms with Gasteiger partial charge in [-0.2, -0.15) is 5.10 Å². The number of ether oxygens (including phenoxy) is 1. The van der Waals surface area contributed by atoms with Gasteiger partial charge in [0.05, 0.1) is 35.3 Å². The zero-order valence-electron chi connectivity index (χ0n) is 15.1. The lowest BCUT2D eigenvalue weighted by molar-refractivity contribution is 0.102. The van der Waals surface area contributed by atoms with Crippen LogP contribution in [0.2, 0.25) is 0 Å². The molecule has 0 radical (unpaired) electrons. The number of aryl methyl sites for hydroxylation is 2. The van der Waals surface area contributed by atoms with E-state index in [-0.39, 0.29) is 0 Å². The monoisotopic (exact) mass is 349 g/mol. The van der Waals surface area contributed by atoms with Crippen LogP contribution in [-0.2, 0) is 37.9 Å².